The van der Waals surface area contributed by atoms with Crippen LogP contribution < -0.4 is 15.8 Å². The Balaban J connectivity index is 1.11. The van der Waals surface area contributed by atoms with Crippen molar-refractivity contribution in [2.75, 3.05) is 20.2 Å². The van der Waals surface area contributed by atoms with E-state index in [1.807, 2.05) is 30.0 Å². The van der Waals surface area contributed by atoms with Crippen molar-refractivity contribution in [3.63, 3.8) is 0 Å². The molecule has 1 aliphatic heterocycles. The number of likely N-dealkylation sites (tertiary alicyclic amines) is 1. The molecule has 47 heavy (non-hydrogen) atoms. The lowest BCUT2D eigenvalue weighted by atomic mass is 9.42. The van der Waals surface area contributed by atoms with Gasteiger partial charge in [-0.2, -0.15) is 0 Å². The van der Waals surface area contributed by atoms with Gasteiger partial charge in [0.1, 0.15) is 22.6 Å². The molecule has 1 aromatic carbocycles. The number of ether oxygens (including phenoxy) is 1. The van der Waals surface area contributed by atoms with Crippen LogP contribution in [0.1, 0.15) is 92.8 Å². The maximum Gasteiger partial charge on any atom is 0.254 e. The number of halogens is 1. The number of carbonyl (C=O) groups is 2. The van der Waals surface area contributed by atoms with Crippen molar-refractivity contribution in [3.8, 4) is 17.3 Å². The van der Waals surface area contributed by atoms with E-state index in [0.29, 0.717) is 55.6 Å². The molecule has 5 aliphatic carbocycles. The van der Waals surface area contributed by atoms with E-state index in [1.54, 1.807) is 7.11 Å². The van der Waals surface area contributed by atoms with E-state index < -0.39 is 11.1 Å². The minimum Gasteiger partial charge on any atom is -0.494 e. The zero-order valence-corrected chi connectivity index (χ0v) is 27.1. The second kappa shape index (κ2) is 10.3. The number of methoxy groups -OCH3 is 1. The summed E-state index contributed by atoms with van der Waals surface area (Å²) in [5.41, 5.74) is 9.44. The molecule has 2 amide bonds. The van der Waals surface area contributed by atoms with Crippen molar-refractivity contribution < 1.29 is 18.7 Å². The molecule has 0 unspecified atom stereocenters. The molecule has 3 aromatic heterocycles. The van der Waals surface area contributed by atoms with E-state index in [-0.39, 0.29) is 23.9 Å². The molecule has 6 aliphatic rings. The van der Waals surface area contributed by atoms with Crippen molar-refractivity contribution >= 4 is 33.9 Å². The molecule has 10 rings (SSSR count). The van der Waals surface area contributed by atoms with Crippen LogP contribution in [-0.2, 0) is 11.3 Å². The molecule has 2 bridgehead atoms. The van der Waals surface area contributed by atoms with Crippen LogP contribution in [0.5, 0.6) is 5.75 Å². The molecule has 10 nitrogen and oxygen atoms in total. The minimum atomic E-state index is -1.11. The summed E-state index contributed by atoms with van der Waals surface area (Å²) in [6.45, 7) is 4.04. The second-order valence-electron chi connectivity index (χ2n) is 15.1. The highest BCUT2D eigenvalue weighted by Gasteiger charge is 2.72. The first-order valence-corrected chi connectivity index (χ1v) is 17.3. The number of imidazole rings is 1. The van der Waals surface area contributed by atoms with Crippen LogP contribution in [0.2, 0.25) is 0 Å². The molecule has 0 spiro atoms. The maximum atomic E-state index is 14.1. The number of benzene rings is 1. The van der Waals surface area contributed by atoms with Gasteiger partial charge >= 0.3 is 0 Å². The van der Waals surface area contributed by atoms with E-state index in [4.69, 9.17) is 20.4 Å². The Morgan fingerprint density at radius 1 is 1.11 bits per heavy atom. The van der Waals surface area contributed by atoms with E-state index in [1.165, 1.54) is 12.8 Å². The van der Waals surface area contributed by atoms with Crippen molar-refractivity contribution in [1.82, 2.24) is 29.3 Å². The molecular weight excluding hydrogens is 597 g/mol. The number of rotatable bonds is 9. The average Bonchev–Trinajstić information content (AvgIpc) is 3.97. The van der Waals surface area contributed by atoms with Gasteiger partial charge in [0.25, 0.3) is 5.91 Å². The van der Waals surface area contributed by atoms with Gasteiger partial charge in [-0.3, -0.25) is 9.59 Å². The maximum absolute atomic E-state index is 14.1. The van der Waals surface area contributed by atoms with Crippen LogP contribution in [0.3, 0.4) is 0 Å². The van der Waals surface area contributed by atoms with Gasteiger partial charge in [-0.15, -0.1) is 0 Å². The van der Waals surface area contributed by atoms with Crippen LogP contribution in [0, 0.1) is 11.3 Å². The molecular formula is C36H42FN7O3. The highest BCUT2D eigenvalue weighted by Crippen LogP contribution is 2.69. The van der Waals surface area contributed by atoms with Crippen LogP contribution >= 0.6 is 0 Å². The zero-order chi connectivity index (χ0) is 32.2. The fraction of sp³-hybridized carbons (Fsp3) is 0.556. The van der Waals surface area contributed by atoms with E-state index in [0.717, 1.165) is 71.5 Å². The number of carbonyl (C=O) groups excluding carboxylic acids is 2. The molecule has 4 aromatic rings. The number of nitrogens with one attached hydrogen (secondary N) is 1. The van der Waals surface area contributed by atoms with Crippen molar-refractivity contribution in [1.29, 1.82) is 0 Å². The van der Waals surface area contributed by atoms with Gasteiger partial charge in [0.15, 0.2) is 5.82 Å². The molecule has 11 heteroatoms. The fourth-order valence-corrected chi connectivity index (χ4v) is 8.36. The van der Waals surface area contributed by atoms with E-state index in [2.05, 4.69) is 26.6 Å². The molecule has 6 fully saturated rings. The third-order valence-corrected chi connectivity index (χ3v) is 11.2. The molecule has 2 atom stereocenters. The lowest BCUT2D eigenvalue weighted by molar-refractivity contribution is -0.214. The SMILES string of the molecule is COc1cc(C(=O)N2CCC[C@@H](N)C2)cc2nc(-c3cc4ccc([C@@H](C)NC(=O)C56CC(F)(C5)C6)nc4n3CC3CC3)n(C3CC3)c12. The number of fused-ring (bicyclic) bond motifs is 2. The first-order valence-electron chi connectivity index (χ1n) is 17.3. The summed E-state index contributed by atoms with van der Waals surface area (Å²) < 4.78 is 24.7. The van der Waals surface area contributed by atoms with Crippen LogP contribution in [-0.4, -0.2) is 67.7 Å². The molecule has 3 N–H and O–H groups in total. The van der Waals surface area contributed by atoms with E-state index in [9.17, 15) is 14.0 Å². The van der Waals surface area contributed by atoms with Gasteiger partial charge in [0.2, 0.25) is 5.91 Å². The van der Waals surface area contributed by atoms with E-state index >= 15 is 0 Å². The summed E-state index contributed by atoms with van der Waals surface area (Å²) in [5, 5.41) is 4.14. The normalized spacial score (nSPS) is 27.4. The van der Waals surface area contributed by atoms with Gasteiger partial charge in [-0.25, -0.2) is 14.4 Å². The summed E-state index contributed by atoms with van der Waals surface area (Å²) in [5.74, 6) is 1.99. The summed E-state index contributed by atoms with van der Waals surface area (Å²) in [7, 11) is 1.66. The lowest BCUT2D eigenvalue weighted by Gasteiger charge is -2.64. The predicted octanol–water partition coefficient (Wildman–Crippen LogP) is 5.44. The summed E-state index contributed by atoms with van der Waals surface area (Å²) in [6.07, 6.45) is 7.34. The predicted molar refractivity (Wildman–Crippen MR) is 176 cm³/mol. The largest absolute Gasteiger partial charge is 0.494 e. The highest BCUT2D eigenvalue weighted by atomic mass is 19.1. The molecule has 5 saturated carbocycles. The number of piperidine rings is 1. The van der Waals surface area contributed by atoms with Crippen molar-refractivity contribution in [2.24, 2.45) is 17.1 Å². The van der Waals surface area contributed by atoms with Crippen LogP contribution in [0.25, 0.3) is 33.6 Å². The van der Waals surface area contributed by atoms with Crippen molar-refractivity contribution in [2.45, 2.75) is 95.1 Å². The Kier molecular flexibility index (Phi) is 6.36. The number of pyridine rings is 1. The van der Waals surface area contributed by atoms with Crippen LogP contribution in [0.15, 0.2) is 30.3 Å². The average molecular weight is 640 g/mol. The van der Waals surface area contributed by atoms with Gasteiger partial charge in [-0.1, -0.05) is 0 Å². The third kappa shape index (κ3) is 4.75. The monoisotopic (exact) mass is 639 g/mol. The summed E-state index contributed by atoms with van der Waals surface area (Å²) in [6, 6.07) is 10.0. The minimum absolute atomic E-state index is 0.00218. The molecule has 246 valence electrons. The summed E-state index contributed by atoms with van der Waals surface area (Å²) in [4.78, 5) is 38.9. The third-order valence-electron chi connectivity index (χ3n) is 11.2. The number of hydrogen-bond donors (Lipinski definition) is 2. The number of hydrogen-bond acceptors (Lipinski definition) is 6. The summed E-state index contributed by atoms with van der Waals surface area (Å²) >= 11 is 0. The Bertz CT molecular complexity index is 1940. The first-order chi connectivity index (χ1) is 22.6. The highest BCUT2D eigenvalue weighted by molar-refractivity contribution is 6.00. The van der Waals surface area contributed by atoms with Gasteiger partial charge < -0.3 is 29.8 Å². The molecule has 1 saturated heterocycles. The van der Waals surface area contributed by atoms with Gasteiger partial charge in [0, 0.05) is 42.7 Å². The quantitative estimate of drug-likeness (QED) is 0.252. The zero-order valence-electron chi connectivity index (χ0n) is 27.1. The number of nitrogens with zero attached hydrogens (tertiary/aromatic N) is 5. The molecule has 0 radical (unpaired) electrons. The van der Waals surface area contributed by atoms with Crippen molar-refractivity contribution in [3.05, 3.63) is 41.6 Å². The Labute approximate surface area is 272 Å². The first kappa shape index (κ1) is 29.2. The number of aromatic nitrogens is 4. The topological polar surface area (TPSA) is 120 Å². The standard InChI is InChI=1S/C36H42FN7O3/c1-20(39-34(46)35-17-36(37,18-35)19-35)26-10-7-22-13-28(43(31(22)40-26)15-21-5-6-21)32-41-27-12-23(33(45)42-11-3-4-24(38)16-42)14-29(47-2)30(27)44(32)25-8-9-25/h7,10,12-14,20-21,24-25H,3-6,8-9,11,15-19,38H2,1-2H3,(H,39,46)/t20-,24-,35?,36?/m1/s1. The fourth-order valence-electron chi connectivity index (χ4n) is 8.36. The van der Waals surface area contributed by atoms with Gasteiger partial charge in [0.05, 0.1) is 35.5 Å². The number of amides is 2. The second-order valence-corrected chi connectivity index (χ2v) is 15.1. The lowest BCUT2D eigenvalue weighted by Crippen LogP contribution is -2.70. The van der Waals surface area contributed by atoms with Gasteiger partial charge in [-0.05, 0) is 101 Å². The Hall–Kier alpha value is -3.99. The Morgan fingerprint density at radius 2 is 1.89 bits per heavy atom. The number of alkyl halides is 1. The smallest absolute Gasteiger partial charge is 0.254 e. The van der Waals surface area contributed by atoms with Crippen LogP contribution in [0.4, 0.5) is 4.39 Å². The number of nitrogens with two attached hydrogens (primary N) is 1. The Morgan fingerprint density at radius 3 is 2.57 bits per heavy atom. The molecule has 4 heterocycles.